The van der Waals surface area contributed by atoms with Crippen LogP contribution in [0.2, 0.25) is 0 Å². The molecule has 4 rings (SSSR count). The fraction of sp³-hybridized carbons (Fsp3) is 0.227. The quantitative estimate of drug-likeness (QED) is 0.338. The van der Waals surface area contributed by atoms with E-state index in [1.54, 1.807) is 22.7 Å². The van der Waals surface area contributed by atoms with Gasteiger partial charge >= 0.3 is 0 Å². The van der Waals surface area contributed by atoms with Gasteiger partial charge in [-0.2, -0.15) is 0 Å². The third kappa shape index (κ3) is 3.57. The molecular formula is C22H24N2OS3. The molecule has 0 spiro atoms. The molecule has 0 aliphatic carbocycles. The maximum Gasteiger partial charge on any atom is 0.127 e. The van der Waals surface area contributed by atoms with Crippen molar-refractivity contribution >= 4 is 48.9 Å². The summed E-state index contributed by atoms with van der Waals surface area (Å²) in [7, 11) is -1.92. The van der Waals surface area contributed by atoms with Crippen LogP contribution in [0.4, 0.5) is 5.69 Å². The summed E-state index contributed by atoms with van der Waals surface area (Å²) < 4.78 is 12.1. The number of hydrogen-bond donors (Lipinski definition) is 2. The minimum Gasteiger partial charge on any atom is -0.397 e. The molecule has 0 aliphatic rings. The molecule has 0 radical (unpaired) electrons. The first-order valence-electron chi connectivity index (χ1n) is 9.32. The van der Waals surface area contributed by atoms with Crippen LogP contribution < -0.4 is 5.73 Å². The summed E-state index contributed by atoms with van der Waals surface area (Å²) in [6.07, 6.45) is 4.01. The zero-order chi connectivity index (χ0) is 19.7. The number of benzene rings is 1. The molecule has 0 bridgehead atoms. The summed E-state index contributed by atoms with van der Waals surface area (Å²) in [5.41, 5.74) is 10.5. The molecule has 0 aliphatic heterocycles. The standard InChI is InChI=1S/C22H24N2OS3/c1-3-4-13-28(2,25)22-20(23)19-16(15-9-6-5-7-10-15)14-17(24-21(19)27-22)18-11-8-12-26-18/h5-12,14,25H,3-4,13,23H2,1-2H3. The van der Waals surface area contributed by atoms with Gasteiger partial charge in [0.1, 0.15) is 4.83 Å². The molecule has 3 N–H and O–H groups in total. The molecule has 146 valence electrons. The Balaban J connectivity index is 1.97. The number of nitrogen functional groups attached to an aromatic ring is 1. The second kappa shape index (κ2) is 7.87. The van der Waals surface area contributed by atoms with Gasteiger partial charge in [-0.25, -0.2) is 4.98 Å². The normalized spacial score (nSPS) is 14.8. The van der Waals surface area contributed by atoms with E-state index in [-0.39, 0.29) is 0 Å². The highest BCUT2D eigenvalue weighted by molar-refractivity contribution is 8.29. The Labute approximate surface area is 175 Å². The predicted molar refractivity (Wildman–Crippen MR) is 127 cm³/mol. The molecule has 4 aromatic rings. The molecular weight excluding hydrogens is 404 g/mol. The first kappa shape index (κ1) is 19.5. The van der Waals surface area contributed by atoms with Crippen molar-refractivity contribution in [2.75, 3.05) is 17.7 Å². The van der Waals surface area contributed by atoms with E-state index in [0.717, 1.165) is 54.7 Å². The summed E-state index contributed by atoms with van der Waals surface area (Å²) in [4.78, 5) is 6.97. The van der Waals surface area contributed by atoms with Crippen LogP contribution in [-0.2, 0) is 0 Å². The minimum atomic E-state index is -1.92. The largest absolute Gasteiger partial charge is 0.397 e. The second-order valence-electron chi connectivity index (χ2n) is 6.98. The Kier molecular flexibility index (Phi) is 5.47. The summed E-state index contributed by atoms with van der Waals surface area (Å²) in [5, 5.41) is 3.04. The van der Waals surface area contributed by atoms with Crippen molar-refractivity contribution in [2.45, 2.75) is 24.0 Å². The Morgan fingerprint density at radius 2 is 1.93 bits per heavy atom. The van der Waals surface area contributed by atoms with Gasteiger partial charge in [0.15, 0.2) is 0 Å². The van der Waals surface area contributed by atoms with Crippen LogP contribution in [0.5, 0.6) is 0 Å². The van der Waals surface area contributed by atoms with Crippen LogP contribution in [-0.4, -0.2) is 21.5 Å². The molecule has 3 nitrogen and oxygen atoms in total. The van der Waals surface area contributed by atoms with Crippen LogP contribution in [0.3, 0.4) is 0 Å². The van der Waals surface area contributed by atoms with E-state index in [4.69, 9.17) is 10.7 Å². The Morgan fingerprint density at radius 3 is 2.61 bits per heavy atom. The van der Waals surface area contributed by atoms with E-state index in [9.17, 15) is 4.55 Å². The van der Waals surface area contributed by atoms with Gasteiger partial charge in [0.2, 0.25) is 0 Å². The number of thiophene rings is 2. The van der Waals surface area contributed by atoms with Crippen LogP contribution in [0.15, 0.2) is 58.1 Å². The highest BCUT2D eigenvalue weighted by Gasteiger charge is 2.26. The van der Waals surface area contributed by atoms with Crippen molar-refractivity contribution in [3.63, 3.8) is 0 Å². The van der Waals surface area contributed by atoms with Gasteiger partial charge in [-0.1, -0.05) is 49.7 Å². The Hall–Kier alpha value is -1.86. The number of nitrogens with zero attached hydrogens (tertiary/aromatic N) is 1. The van der Waals surface area contributed by atoms with Gasteiger partial charge in [-0.05, 0) is 41.3 Å². The third-order valence-corrected chi connectivity index (χ3v) is 10.0. The molecule has 1 unspecified atom stereocenters. The van der Waals surface area contributed by atoms with Crippen molar-refractivity contribution in [3.05, 3.63) is 53.9 Å². The van der Waals surface area contributed by atoms with E-state index in [1.807, 2.05) is 30.5 Å². The number of aromatic nitrogens is 1. The van der Waals surface area contributed by atoms with Crippen LogP contribution >= 0.6 is 33.0 Å². The molecule has 0 saturated carbocycles. The fourth-order valence-electron chi connectivity index (χ4n) is 3.34. The minimum absolute atomic E-state index is 0.695. The number of rotatable bonds is 6. The van der Waals surface area contributed by atoms with Crippen molar-refractivity contribution in [1.82, 2.24) is 4.98 Å². The van der Waals surface area contributed by atoms with Gasteiger partial charge < -0.3 is 10.3 Å². The van der Waals surface area contributed by atoms with E-state index >= 15 is 0 Å². The number of pyridine rings is 1. The predicted octanol–water partition coefficient (Wildman–Crippen LogP) is 7.34. The summed E-state index contributed by atoms with van der Waals surface area (Å²) in [6, 6.07) is 16.6. The molecule has 0 amide bonds. The topological polar surface area (TPSA) is 59.1 Å². The maximum atomic E-state index is 11.2. The zero-order valence-electron chi connectivity index (χ0n) is 16.0. The van der Waals surface area contributed by atoms with Crippen molar-refractivity contribution in [2.24, 2.45) is 0 Å². The molecule has 3 heterocycles. The molecule has 0 saturated heterocycles. The molecule has 0 fully saturated rings. The highest BCUT2D eigenvalue weighted by atomic mass is 32.3. The van der Waals surface area contributed by atoms with Gasteiger partial charge in [0.25, 0.3) is 0 Å². The second-order valence-corrected chi connectivity index (χ2v) is 12.1. The first-order chi connectivity index (χ1) is 13.5. The lowest BCUT2D eigenvalue weighted by molar-refractivity contribution is 0.628. The van der Waals surface area contributed by atoms with Gasteiger partial charge in [0.05, 0.1) is 20.5 Å². The SMILES string of the molecule is CCCCS(C)(O)c1sc2nc(-c3cccs3)cc(-c3ccccc3)c2c1N. The third-order valence-electron chi connectivity index (χ3n) is 4.82. The van der Waals surface area contributed by atoms with Crippen molar-refractivity contribution in [3.8, 4) is 21.7 Å². The lowest BCUT2D eigenvalue weighted by Crippen LogP contribution is -2.03. The van der Waals surface area contributed by atoms with Crippen molar-refractivity contribution < 1.29 is 4.55 Å². The highest BCUT2D eigenvalue weighted by Crippen LogP contribution is 2.58. The number of hydrogen-bond acceptors (Lipinski definition) is 5. The Morgan fingerprint density at radius 1 is 1.14 bits per heavy atom. The summed E-state index contributed by atoms with van der Waals surface area (Å²) >= 11 is 3.24. The van der Waals surface area contributed by atoms with Crippen LogP contribution in [0.1, 0.15) is 19.8 Å². The number of unbranched alkanes of at least 4 members (excludes halogenated alkanes) is 1. The lowest BCUT2D eigenvalue weighted by Gasteiger charge is -2.28. The maximum absolute atomic E-state index is 11.2. The summed E-state index contributed by atoms with van der Waals surface area (Å²) in [5.74, 6) is 0.777. The first-order valence-corrected chi connectivity index (χ1v) is 13.2. The van der Waals surface area contributed by atoms with Gasteiger partial charge in [-0.3, -0.25) is 0 Å². The molecule has 3 aromatic heterocycles. The van der Waals surface area contributed by atoms with E-state index in [0.29, 0.717) is 5.69 Å². The fourth-order valence-corrected chi connectivity index (χ4v) is 7.70. The average Bonchev–Trinajstić information content (AvgIpc) is 3.35. The van der Waals surface area contributed by atoms with Gasteiger partial charge in [0, 0.05) is 11.1 Å². The monoisotopic (exact) mass is 428 g/mol. The summed E-state index contributed by atoms with van der Waals surface area (Å²) in [6.45, 7) is 2.15. The number of nitrogens with two attached hydrogens (primary N) is 1. The average molecular weight is 429 g/mol. The molecule has 28 heavy (non-hydrogen) atoms. The number of anilines is 1. The van der Waals surface area contributed by atoms with Crippen molar-refractivity contribution in [1.29, 1.82) is 0 Å². The molecule has 1 aromatic carbocycles. The van der Waals surface area contributed by atoms with E-state index in [2.05, 4.69) is 36.6 Å². The molecule has 1 atom stereocenters. The molecule has 6 heteroatoms. The van der Waals surface area contributed by atoms with E-state index < -0.39 is 10.3 Å². The zero-order valence-corrected chi connectivity index (χ0v) is 18.5. The van der Waals surface area contributed by atoms with E-state index in [1.165, 1.54) is 0 Å². The van der Waals surface area contributed by atoms with Crippen LogP contribution in [0, 0.1) is 0 Å². The lowest BCUT2D eigenvalue weighted by atomic mass is 10.0. The smallest absolute Gasteiger partial charge is 0.127 e. The number of fused-ring (bicyclic) bond motifs is 1. The Bertz CT molecular complexity index is 1090. The van der Waals surface area contributed by atoms with Crippen LogP contribution in [0.25, 0.3) is 31.9 Å². The van der Waals surface area contributed by atoms with Gasteiger partial charge in [-0.15, -0.1) is 33.0 Å².